The third-order valence-electron chi connectivity index (χ3n) is 3.24. The van der Waals surface area contributed by atoms with E-state index in [-0.39, 0.29) is 18.0 Å². The summed E-state index contributed by atoms with van der Waals surface area (Å²) >= 11 is 0. The molecule has 1 saturated heterocycles. The minimum Gasteiger partial charge on any atom is -0.352 e. The molecule has 1 aliphatic rings. The van der Waals surface area contributed by atoms with Crippen LogP contribution in [0.5, 0.6) is 0 Å². The van der Waals surface area contributed by atoms with Crippen LogP contribution in [0.1, 0.15) is 20.8 Å². The summed E-state index contributed by atoms with van der Waals surface area (Å²) in [5.74, 6) is 0.432. The summed E-state index contributed by atoms with van der Waals surface area (Å²) < 4.78 is 0. The van der Waals surface area contributed by atoms with Crippen molar-refractivity contribution in [1.29, 1.82) is 5.26 Å². The molecule has 17 heavy (non-hydrogen) atoms. The molecular formula is C12H22N4O. The van der Waals surface area contributed by atoms with Crippen LogP contribution < -0.4 is 10.6 Å². The van der Waals surface area contributed by atoms with E-state index in [4.69, 9.17) is 5.26 Å². The molecule has 0 aromatic carbocycles. The Morgan fingerprint density at radius 3 is 2.88 bits per heavy atom. The van der Waals surface area contributed by atoms with E-state index in [2.05, 4.69) is 30.6 Å². The lowest BCUT2D eigenvalue weighted by atomic mass is 10.1. The van der Waals surface area contributed by atoms with Crippen molar-refractivity contribution in [3.63, 3.8) is 0 Å². The summed E-state index contributed by atoms with van der Waals surface area (Å²) in [6, 6.07) is 2.20. The number of nitrogens with zero attached hydrogens (tertiary/aromatic N) is 2. The summed E-state index contributed by atoms with van der Waals surface area (Å²) in [6.07, 6.45) is 0. The van der Waals surface area contributed by atoms with Gasteiger partial charge in [-0.25, -0.2) is 0 Å². The van der Waals surface area contributed by atoms with E-state index in [9.17, 15) is 4.79 Å². The number of hydrogen-bond donors (Lipinski definition) is 2. The molecule has 2 atom stereocenters. The third-order valence-corrected chi connectivity index (χ3v) is 3.24. The molecular weight excluding hydrogens is 216 g/mol. The Morgan fingerprint density at radius 2 is 2.29 bits per heavy atom. The van der Waals surface area contributed by atoms with Crippen molar-refractivity contribution < 1.29 is 4.79 Å². The van der Waals surface area contributed by atoms with Crippen LogP contribution in [0.4, 0.5) is 0 Å². The zero-order valence-corrected chi connectivity index (χ0v) is 10.9. The number of amides is 1. The quantitative estimate of drug-likeness (QED) is 0.720. The van der Waals surface area contributed by atoms with Crippen molar-refractivity contribution in [3.8, 4) is 6.07 Å². The maximum Gasteiger partial charge on any atom is 0.234 e. The molecule has 0 spiro atoms. The second-order valence-corrected chi connectivity index (χ2v) is 4.92. The Kier molecular flexibility index (Phi) is 5.39. The van der Waals surface area contributed by atoms with E-state index < -0.39 is 0 Å². The zero-order valence-electron chi connectivity index (χ0n) is 10.9. The topological polar surface area (TPSA) is 68.2 Å². The Labute approximate surface area is 103 Å². The minimum atomic E-state index is -0.191. The molecule has 1 aliphatic heterocycles. The van der Waals surface area contributed by atoms with Crippen molar-refractivity contribution in [2.75, 3.05) is 26.2 Å². The molecule has 2 N–H and O–H groups in total. The summed E-state index contributed by atoms with van der Waals surface area (Å²) in [6.45, 7) is 8.71. The highest BCUT2D eigenvalue weighted by Gasteiger charge is 2.24. The lowest BCUT2D eigenvalue weighted by molar-refractivity contribution is -0.123. The first-order valence-electron chi connectivity index (χ1n) is 6.18. The van der Waals surface area contributed by atoms with Crippen LogP contribution in [0.2, 0.25) is 0 Å². The van der Waals surface area contributed by atoms with E-state index >= 15 is 0 Å². The number of carbonyl (C=O) groups is 1. The van der Waals surface area contributed by atoms with Crippen LogP contribution in [0.25, 0.3) is 0 Å². The molecule has 96 valence electrons. The molecule has 0 aromatic heterocycles. The van der Waals surface area contributed by atoms with Crippen LogP contribution in [0.15, 0.2) is 0 Å². The maximum absolute atomic E-state index is 11.8. The Bertz CT molecular complexity index is 297. The molecule has 1 fully saturated rings. The van der Waals surface area contributed by atoms with Gasteiger partial charge in [-0.1, -0.05) is 13.8 Å². The average Bonchev–Trinajstić information content (AvgIpc) is 2.29. The van der Waals surface area contributed by atoms with Crippen molar-refractivity contribution >= 4 is 5.91 Å². The molecule has 0 bridgehead atoms. The van der Waals surface area contributed by atoms with E-state index in [1.165, 1.54) is 0 Å². The lowest BCUT2D eigenvalue weighted by Crippen LogP contribution is -2.54. The highest BCUT2D eigenvalue weighted by atomic mass is 16.2. The number of nitriles is 1. The van der Waals surface area contributed by atoms with E-state index in [0.29, 0.717) is 19.0 Å². The molecule has 1 rings (SSSR count). The predicted molar refractivity (Wildman–Crippen MR) is 66.3 cm³/mol. The molecule has 0 saturated carbocycles. The van der Waals surface area contributed by atoms with Crippen molar-refractivity contribution in [1.82, 2.24) is 15.5 Å². The predicted octanol–water partition coefficient (Wildman–Crippen LogP) is -0.0555. The largest absolute Gasteiger partial charge is 0.352 e. The zero-order chi connectivity index (χ0) is 12.8. The fourth-order valence-electron chi connectivity index (χ4n) is 1.71. The molecule has 0 aliphatic carbocycles. The van der Waals surface area contributed by atoms with Crippen LogP contribution in [-0.2, 0) is 4.79 Å². The van der Waals surface area contributed by atoms with Gasteiger partial charge in [-0.15, -0.1) is 0 Å². The van der Waals surface area contributed by atoms with Gasteiger partial charge in [0.2, 0.25) is 5.91 Å². The van der Waals surface area contributed by atoms with Crippen LogP contribution in [0, 0.1) is 17.2 Å². The lowest BCUT2D eigenvalue weighted by Gasteiger charge is -2.31. The van der Waals surface area contributed by atoms with E-state index in [1.54, 1.807) is 0 Å². The van der Waals surface area contributed by atoms with Gasteiger partial charge in [0.25, 0.3) is 0 Å². The number of carbonyl (C=O) groups excluding carboxylic acids is 1. The van der Waals surface area contributed by atoms with Gasteiger partial charge in [-0.3, -0.25) is 9.69 Å². The molecule has 0 aromatic rings. The smallest absolute Gasteiger partial charge is 0.234 e. The molecule has 1 amide bonds. The highest BCUT2D eigenvalue weighted by molar-refractivity contribution is 5.78. The summed E-state index contributed by atoms with van der Waals surface area (Å²) in [5, 5.41) is 15.1. The number of rotatable bonds is 4. The minimum absolute atomic E-state index is 0.00773. The molecule has 2 unspecified atom stereocenters. The van der Waals surface area contributed by atoms with Gasteiger partial charge in [0.05, 0.1) is 12.6 Å². The van der Waals surface area contributed by atoms with Gasteiger partial charge < -0.3 is 10.6 Å². The highest BCUT2D eigenvalue weighted by Crippen LogP contribution is 2.03. The number of hydrogen-bond acceptors (Lipinski definition) is 4. The van der Waals surface area contributed by atoms with Crippen LogP contribution in [-0.4, -0.2) is 49.1 Å². The second kappa shape index (κ2) is 6.58. The first-order valence-corrected chi connectivity index (χ1v) is 6.18. The van der Waals surface area contributed by atoms with Crippen molar-refractivity contribution in [2.24, 2.45) is 5.92 Å². The maximum atomic E-state index is 11.8. The van der Waals surface area contributed by atoms with Gasteiger partial charge in [-0.05, 0) is 12.8 Å². The Morgan fingerprint density at radius 1 is 1.59 bits per heavy atom. The van der Waals surface area contributed by atoms with Crippen LogP contribution in [0.3, 0.4) is 0 Å². The Balaban J connectivity index is 2.42. The summed E-state index contributed by atoms with van der Waals surface area (Å²) in [7, 11) is 0. The Hall–Kier alpha value is -1.12. The van der Waals surface area contributed by atoms with Crippen molar-refractivity contribution in [2.45, 2.75) is 32.9 Å². The second-order valence-electron chi connectivity index (χ2n) is 4.92. The van der Waals surface area contributed by atoms with Gasteiger partial charge in [0.15, 0.2) is 0 Å². The van der Waals surface area contributed by atoms with E-state index in [0.717, 1.165) is 13.1 Å². The van der Waals surface area contributed by atoms with Crippen molar-refractivity contribution in [3.05, 3.63) is 0 Å². The number of piperazine rings is 1. The van der Waals surface area contributed by atoms with Gasteiger partial charge in [0.1, 0.15) is 6.04 Å². The standard InChI is InChI=1S/C12H22N4O/c1-9(2)10(3)15-12(17)8-16-5-4-14-7-11(16)6-13/h9-11,14H,4-5,7-8H2,1-3H3,(H,15,17). The summed E-state index contributed by atoms with van der Waals surface area (Å²) in [5.41, 5.74) is 0. The normalized spacial score (nSPS) is 23.1. The molecule has 5 nitrogen and oxygen atoms in total. The fourth-order valence-corrected chi connectivity index (χ4v) is 1.71. The first-order chi connectivity index (χ1) is 8.04. The SMILES string of the molecule is CC(C)C(C)NC(=O)CN1CCNCC1C#N. The fraction of sp³-hybridized carbons (Fsp3) is 0.833. The number of nitrogens with one attached hydrogen (secondary N) is 2. The molecule has 5 heteroatoms. The third kappa shape index (κ3) is 4.33. The first kappa shape index (κ1) is 13.9. The van der Waals surface area contributed by atoms with Gasteiger partial charge in [-0.2, -0.15) is 5.26 Å². The van der Waals surface area contributed by atoms with Gasteiger partial charge >= 0.3 is 0 Å². The van der Waals surface area contributed by atoms with Gasteiger partial charge in [0, 0.05) is 25.7 Å². The average molecular weight is 238 g/mol. The van der Waals surface area contributed by atoms with E-state index in [1.807, 2.05) is 11.8 Å². The summed E-state index contributed by atoms with van der Waals surface area (Å²) in [4.78, 5) is 13.7. The molecule has 1 heterocycles. The monoisotopic (exact) mass is 238 g/mol. The molecule has 0 radical (unpaired) electrons. The van der Waals surface area contributed by atoms with Crippen LogP contribution >= 0.6 is 0 Å².